The maximum atomic E-state index is 12.1. The van der Waals surface area contributed by atoms with Crippen LogP contribution < -0.4 is 10.6 Å². The van der Waals surface area contributed by atoms with E-state index in [-0.39, 0.29) is 5.91 Å². The van der Waals surface area contributed by atoms with Crippen molar-refractivity contribution in [1.82, 2.24) is 15.3 Å². The highest BCUT2D eigenvalue weighted by molar-refractivity contribution is 5.95. The molecule has 0 aliphatic carbocycles. The molecule has 1 amide bonds. The third kappa shape index (κ3) is 4.45. The van der Waals surface area contributed by atoms with Gasteiger partial charge in [0.1, 0.15) is 5.82 Å². The van der Waals surface area contributed by atoms with Crippen LogP contribution in [0.5, 0.6) is 0 Å². The van der Waals surface area contributed by atoms with Crippen LogP contribution in [0, 0.1) is 6.92 Å². The Morgan fingerprint density at radius 3 is 2.73 bits per heavy atom. The molecule has 0 aliphatic rings. The third-order valence-corrected chi connectivity index (χ3v) is 3.86. The molecule has 0 bridgehead atoms. The fraction of sp³-hybridized carbons (Fsp3) is 0.190. The third-order valence-electron chi connectivity index (χ3n) is 3.86. The summed E-state index contributed by atoms with van der Waals surface area (Å²) in [5, 5.41) is 6.13. The van der Waals surface area contributed by atoms with Gasteiger partial charge in [0.15, 0.2) is 5.82 Å². The van der Waals surface area contributed by atoms with Gasteiger partial charge in [0, 0.05) is 29.6 Å². The minimum atomic E-state index is -0.0707. The molecule has 0 saturated heterocycles. The number of carbonyl (C=O) groups excluding carboxylic acids is 1. The fourth-order valence-corrected chi connectivity index (χ4v) is 2.58. The number of benzene rings is 2. The normalized spacial score (nSPS) is 10.4. The first-order chi connectivity index (χ1) is 12.7. The van der Waals surface area contributed by atoms with Gasteiger partial charge in [-0.05, 0) is 43.7 Å². The van der Waals surface area contributed by atoms with Gasteiger partial charge >= 0.3 is 0 Å². The van der Waals surface area contributed by atoms with Crippen molar-refractivity contribution in [2.24, 2.45) is 0 Å². The first-order valence-electron chi connectivity index (χ1n) is 8.71. The maximum Gasteiger partial charge on any atom is 0.251 e. The first kappa shape index (κ1) is 17.6. The summed E-state index contributed by atoms with van der Waals surface area (Å²) in [6.07, 6.45) is 2.64. The van der Waals surface area contributed by atoms with E-state index in [1.807, 2.05) is 56.3 Å². The van der Waals surface area contributed by atoms with Gasteiger partial charge in [-0.25, -0.2) is 9.97 Å². The van der Waals surface area contributed by atoms with Crippen molar-refractivity contribution in [1.29, 1.82) is 0 Å². The highest BCUT2D eigenvalue weighted by atomic mass is 16.1. The van der Waals surface area contributed by atoms with E-state index in [1.54, 1.807) is 12.3 Å². The molecule has 0 aliphatic heterocycles. The minimum absolute atomic E-state index is 0.0707. The van der Waals surface area contributed by atoms with Crippen LogP contribution in [-0.4, -0.2) is 22.4 Å². The number of anilines is 2. The summed E-state index contributed by atoms with van der Waals surface area (Å²) in [6, 6.07) is 17.3. The van der Waals surface area contributed by atoms with Crippen LogP contribution >= 0.6 is 0 Å². The average Bonchev–Trinajstić information content (AvgIpc) is 2.66. The van der Waals surface area contributed by atoms with Crippen molar-refractivity contribution in [3.63, 3.8) is 0 Å². The van der Waals surface area contributed by atoms with Gasteiger partial charge in [0.05, 0.1) is 0 Å². The number of nitrogens with zero attached hydrogens (tertiary/aromatic N) is 2. The van der Waals surface area contributed by atoms with Crippen molar-refractivity contribution in [2.75, 3.05) is 11.9 Å². The monoisotopic (exact) mass is 346 g/mol. The molecule has 0 radical (unpaired) electrons. The standard InChI is InChI=1S/C21H22N4O/c1-3-11-23-21(26)17-8-5-9-18(14-17)24-19-10-12-22-20(25-19)16-7-4-6-15(2)13-16/h4-10,12-14H,3,11H2,1-2H3,(H,23,26)(H,22,24,25). The number of hydrogen-bond acceptors (Lipinski definition) is 4. The van der Waals surface area contributed by atoms with E-state index < -0.39 is 0 Å². The summed E-state index contributed by atoms with van der Waals surface area (Å²) < 4.78 is 0. The van der Waals surface area contributed by atoms with E-state index >= 15 is 0 Å². The summed E-state index contributed by atoms with van der Waals surface area (Å²) in [5.74, 6) is 1.27. The Kier molecular flexibility index (Phi) is 5.59. The molecule has 0 atom stereocenters. The van der Waals surface area contributed by atoms with Crippen molar-refractivity contribution >= 4 is 17.4 Å². The SMILES string of the molecule is CCCNC(=O)c1cccc(Nc2ccnc(-c3cccc(C)c3)n2)c1. The molecular formula is C21H22N4O. The zero-order valence-electron chi connectivity index (χ0n) is 15.0. The Balaban J connectivity index is 1.79. The van der Waals surface area contributed by atoms with Gasteiger partial charge < -0.3 is 10.6 Å². The Labute approximate surface area is 153 Å². The molecule has 2 N–H and O–H groups in total. The lowest BCUT2D eigenvalue weighted by molar-refractivity contribution is 0.0953. The smallest absolute Gasteiger partial charge is 0.251 e. The van der Waals surface area contributed by atoms with Crippen LogP contribution in [0.4, 0.5) is 11.5 Å². The molecule has 3 aromatic rings. The zero-order valence-corrected chi connectivity index (χ0v) is 15.0. The van der Waals surface area contributed by atoms with E-state index in [2.05, 4.69) is 26.7 Å². The van der Waals surface area contributed by atoms with E-state index in [4.69, 9.17) is 0 Å². The summed E-state index contributed by atoms with van der Waals surface area (Å²) >= 11 is 0. The number of nitrogens with one attached hydrogen (secondary N) is 2. The molecule has 2 aromatic carbocycles. The van der Waals surface area contributed by atoms with E-state index in [9.17, 15) is 4.79 Å². The fourth-order valence-electron chi connectivity index (χ4n) is 2.58. The topological polar surface area (TPSA) is 66.9 Å². The van der Waals surface area contributed by atoms with Crippen LogP contribution in [0.15, 0.2) is 60.8 Å². The molecule has 5 heteroatoms. The minimum Gasteiger partial charge on any atom is -0.352 e. The van der Waals surface area contributed by atoms with Crippen molar-refractivity contribution < 1.29 is 4.79 Å². The molecule has 1 heterocycles. The Hall–Kier alpha value is -3.21. The lowest BCUT2D eigenvalue weighted by Gasteiger charge is -2.09. The maximum absolute atomic E-state index is 12.1. The Bertz CT molecular complexity index is 908. The molecule has 1 aromatic heterocycles. The number of hydrogen-bond donors (Lipinski definition) is 2. The molecule has 0 fully saturated rings. The van der Waals surface area contributed by atoms with Crippen LogP contribution in [0.2, 0.25) is 0 Å². The molecule has 0 unspecified atom stereocenters. The highest BCUT2D eigenvalue weighted by Crippen LogP contribution is 2.20. The quantitative estimate of drug-likeness (QED) is 0.697. The molecule has 5 nitrogen and oxygen atoms in total. The number of aryl methyl sites for hydroxylation is 1. The molecular weight excluding hydrogens is 324 g/mol. The number of rotatable bonds is 6. The number of aromatic nitrogens is 2. The van der Waals surface area contributed by atoms with Crippen molar-refractivity contribution in [3.05, 3.63) is 71.9 Å². The second kappa shape index (κ2) is 8.25. The number of amides is 1. The summed E-state index contributed by atoms with van der Waals surface area (Å²) in [6.45, 7) is 4.74. The summed E-state index contributed by atoms with van der Waals surface area (Å²) in [4.78, 5) is 21.1. The zero-order chi connectivity index (χ0) is 18.4. The van der Waals surface area contributed by atoms with Gasteiger partial charge in [-0.3, -0.25) is 4.79 Å². The van der Waals surface area contributed by atoms with Gasteiger partial charge in [0.25, 0.3) is 5.91 Å². The molecule has 26 heavy (non-hydrogen) atoms. The lowest BCUT2D eigenvalue weighted by atomic mass is 10.1. The van der Waals surface area contributed by atoms with E-state index in [1.165, 1.54) is 0 Å². The van der Waals surface area contributed by atoms with Crippen molar-refractivity contribution in [2.45, 2.75) is 20.3 Å². The van der Waals surface area contributed by atoms with E-state index in [0.29, 0.717) is 23.8 Å². The van der Waals surface area contributed by atoms with Gasteiger partial charge in [-0.2, -0.15) is 0 Å². The van der Waals surface area contributed by atoms with Crippen LogP contribution in [0.25, 0.3) is 11.4 Å². The Morgan fingerprint density at radius 1 is 1.08 bits per heavy atom. The predicted octanol–water partition coefficient (Wildman–Crippen LogP) is 4.34. The second-order valence-corrected chi connectivity index (χ2v) is 6.10. The van der Waals surface area contributed by atoms with E-state index in [0.717, 1.165) is 23.2 Å². The van der Waals surface area contributed by atoms with Gasteiger partial charge in [0.2, 0.25) is 0 Å². The molecule has 0 saturated carbocycles. The first-order valence-corrected chi connectivity index (χ1v) is 8.71. The molecule has 3 rings (SSSR count). The highest BCUT2D eigenvalue weighted by Gasteiger charge is 2.07. The van der Waals surface area contributed by atoms with Gasteiger partial charge in [-0.1, -0.05) is 36.8 Å². The average molecular weight is 346 g/mol. The Morgan fingerprint density at radius 2 is 1.92 bits per heavy atom. The van der Waals surface area contributed by atoms with Crippen LogP contribution in [0.1, 0.15) is 29.3 Å². The van der Waals surface area contributed by atoms with Crippen LogP contribution in [0.3, 0.4) is 0 Å². The summed E-state index contributed by atoms with van der Waals surface area (Å²) in [7, 11) is 0. The predicted molar refractivity (Wildman–Crippen MR) is 105 cm³/mol. The molecule has 0 spiro atoms. The van der Waals surface area contributed by atoms with Gasteiger partial charge in [-0.15, -0.1) is 0 Å². The van der Waals surface area contributed by atoms with Crippen molar-refractivity contribution in [3.8, 4) is 11.4 Å². The second-order valence-electron chi connectivity index (χ2n) is 6.10. The lowest BCUT2D eigenvalue weighted by Crippen LogP contribution is -2.23. The number of carbonyl (C=O) groups is 1. The summed E-state index contributed by atoms with van der Waals surface area (Å²) in [5.41, 5.74) is 3.57. The molecule has 132 valence electrons. The largest absolute Gasteiger partial charge is 0.352 e. The van der Waals surface area contributed by atoms with Crippen LogP contribution in [-0.2, 0) is 0 Å².